The van der Waals surface area contributed by atoms with Crippen molar-refractivity contribution in [3.63, 3.8) is 0 Å². The highest BCUT2D eigenvalue weighted by atomic mass is 16.3. The zero-order valence-corrected chi connectivity index (χ0v) is 12.4. The van der Waals surface area contributed by atoms with Crippen molar-refractivity contribution < 1.29 is 5.11 Å². The lowest BCUT2D eigenvalue weighted by Crippen LogP contribution is -2.34. The lowest BCUT2D eigenvalue weighted by atomic mass is 9.90. The van der Waals surface area contributed by atoms with Crippen molar-refractivity contribution >= 4 is 5.69 Å². The molecule has 0 bridgehead atoms. The lowest BCUT2D eigenvalue weighted by Gasteiger charge is -2.33. The standard InChI is InChI=1S/C19H23NO/c21-15-18-6-8-19(9-7-18)20-12-10-17(11-13-20)14-16-4-2-1-3-5-16/h1-9,17,21H,10-15H2. The van der Waals surface area contributed by atoms with E-state index in [-0.39, 0.29) is 6.61 Å². The number of rotatable bonds is 4. The Hall–Kier alpha value is -1.80. The summed E-state index contributed by atoms with van der Waals surface area (Å²) in [4.78, 5) is 2.46. The monoisotopic (exact) mass is 281 g/mol. The molecule has 0 atom stereocenters. The van der Waals surface area contributed by atoms with E-state index in [4.69, 9.17) is 5.11 Å². The fourth-order valence-electron chi connectivity index (χ4n) is 3.15. The van der Waals surface area contributed by atoms with Gasteiger partial charge in [0, 0.05) is 18.8 Å². The predicted octanol–water partition coefficient (Wildman–Crippen LogP) is 3.64. The molecule has 110 valence electrons. The summed E-state index contributed by atoms with van der Waals surface area (Å²) in [5.41, 5.74) is 3.73. The smallest absolute Gasteiger partial charge is 0.0681 e. The van der Waals surface area contributed by atoms with Gasteiger partial charge in [0.1, 0.15) is 0 Å². The normalized spacial score (nSPS) is 16.1. The Balaban J connectivity index is 1.54. The Labute approximate surface area is 127 Å². The number of hydrogen-bond donors (Lipinski definition) is 1. The lowest BCUT2D eigenvalue weighted by molar-refractivity contribution is 0.282. The van der Waals surface area contributed by atoms with Gasteiger partial charge in [0.05, 0.1) is 6.61 Å². The second-order valence-corrected chi connectivity index (χ2v) is 5.94. The van der Waals surface area contributed by atoms with Crippen LogP contribution < -0.4 is 4.90 Å². The summed E-state index contributed by atoms with van der Waals surface area (Å²) in [7, 11) is 0. The molecular formula is C19H23NO. The molecule has 0 unspecified atom stereocenters. The summed E-state index contributed by atoms with van der Waals surface area (Å²) < 4.78 is 0. The van der Waals surface area contributed by atoms with E-state index < -0.39 is 0 Å². The van der Waals surface area contributed by atoms with E-state index in [1.807, 2.05) is 12.1 Å². The molecule has 0 aromatic heterocycles. The Morgan fingerprint density at radius 1 is 0.857 bits per heavy atom. The molecule has 2 heteroatoms. The quantitative estimate of drug-likeness (QED) is 0.925. The molecule has 21 heavy (non-hydrogen) atoms. The average molecular weight is 281 g/mol. The van der Waals surface area contributed by atoms with E-state index in [1.54, 1.807) is 0 Å². The second-order valence-electron chi connectivity index (χ2n) is 5.94. The van der Waals surface area contributed by atoms with Crippen LogP contribution >= 0.6 is 0 Å². The fourth-order valence-corrected chi connectivity index (χ4v) is 3.15. The molecule has 0 aliphatic carbocycles. The van der Waals surface area contributed by atoms with Gasteiger partial charge in [-0.25, -0.2) is 0 Å². The van der Waals surface area contributed by atoms with E-state index in [0.29, 0.717) is 0 Å². The molecule has 2 aromatic carbocycles. The maximum Gasteiger partial charge on any atom is 0.0681 e. The van der Waals surface area contributed by atoms with Gasteiger partial charge >= 0.3 is 0 Å². The molecule has 2 aromatic rings. The zero-order chi connectivity index (χ0) is 14.5. The number of hydrogen-bond acceptors (Lipinski definition) is 2. The van der Waals surface area contributed by atoms with Crippen LogP contribution in [0.2, 0.25) is 0 Å². The molecule has 0 amide bonds. The number of piperidine rings is 1. The molecule has 3 rings (SSSR count). The van der Waals surface area contributed by atoms with Crippen molar-refractivity contribution in [1.29, 1.82) is 0 Å². The Kier molecular flexibility index (Phi) is 4.56. The summed E-state index contributed by atoms with van der Waals surface area (Å²) >= 11 is 0. The topological polar surface area (TPSA) is 23.5 Å². The van der Waals surface area contributed by atoms with Gasteiger partial charge in [-0.2, -0.15) is 0 Å². The van der Waals surface area contributed by atoms with Gasteiger partial charge in [-0.3, -0.25) is 0 Å². The molecule has 2 nitrogen and oxygen atoms in total. The van der Waals surface area contributed by atoms with Crippen LogP contribution in [0, 0.1) is 5.92 Å². The number of benzene rings is 2. The van der Waals surface area contributed by atoms with Crippen molar-refractivity contribution in [1.82, 2.24) is 0 Å². The van der Waals surface area contributed by atoms with E-state index in [9.17, 15) is 0 Å². The van der Waals surface area contributed by atoms with Gasteiger partial charge in [-0.05, 0) is 48.4 Å². The first-order chi connectivity index (χ1) is 10.3. The van der Waals surface area contributed by atoms with Crippen molar-refractivity contribution in [2.24, 2.45) is 5.92 Å². The highest BCUT2D eigenvalue weighted by Gasteiger charge is 2.19. The molecule has 1 fully saturated rings. The van der Waals surface area contributed by atoms with Crippen molar-refractivity contribution in [2.45, 2.75) is 25.9 Å². The maximum absolute atomic E-state index is 9.10. The van der Waals surface area contributed by atoms with E-state index in [2.05, 4.69) is 47.4 Å². The number of anilines is 1. The van der Waals surface area contributed by atoms with Crippen LogP contribution in [-0.2, 0) is 13.0 Å². The summed E-state index contributed by atoms with van der Waals surface area (Å²) in [6.07, 6.45) is 3.73. The third-order valence-corrected chi connectivity index (χ3v) is 4.47. The van der Waals surface area contributed by atoms with Gasteiger partial charge < -0.3 is 10.0 Å². The van der Waals surface area contributed by atoms with Crippen molar-refractivity contribution in [3.05, 3.63) is 65.7 Å². The molecule has 1 heterocycles. The molecular weight excluding hydrogens is 258 g/mol. The van der Waals surface area contributed by atoms with Crippen LogP contribution in [0.25, 0.3) is 0 Å². The third kappa shape index (κ3) is 3.64. The Morgan fingerprint density at radius 3 is 2.14 bits per heavy atom. The minimum Gasteiger partial charge on any atom is -0.392 e. The van der Waals surface area contributed by atoms with Gasteiger partial charge in [0.25, 0.3) is 0 Å². The molecule has 0 spiro atoms. The van der Waals surface area contributed by atoms with E-state index >= 15 is 0 Å². The molecule has 0 saturated carbocycles. The SMILES string of the molecule is OCc1ccc(N2CCC(Cc3ccccc3)CC2)cc1. The highest BCUT2D eigenvalue weighted by molar-refractivity contribution is 5.47. The van der Waals surface area contributed by atoms with Gasteiger partial charge in [0.15, 0.2) is 0 Å². The van der Waals surface area contributed by atoms with Gasteiger partial charge in [-0.15, -0.1) is 0 Å². The summed E-state index contributed by atoms with van der Waals surface area (Å²) in [5, 5.41) is 9.10. The number of aliphatic hydroxyl groups is 1. The minimum absolute atomic E-state index is 0.124. The van der Waals surface area contributed by atoms with Crippen LogP contribution in [0.15, 0.2) is 54.6 Å². The van der Waals surface area contributed by atoms with Crippen LogP contribution in [-0.4, -0.2) is 18.2 Å². The third-order valence-electron chi connectivity index (χ3n) is 4.47. The van der Waals surface area contributed by atoms with Crippen LogP contribution in [0.3, 0.4) is 0 Å². The first-order valence-electron chi connectivity index (χ1n) is 7.84. The van der Waals surface area contributed by atoms with Crippen LogP contribution in [0.4, 0.5) is 5.69 Å². The van der Waals surface area contributed by atoms with Gasteiger partial charge in [-0.1, -0.05) is 42.5 Å². The van der Waals surface area contributed by atoms with Crippen LogP contribution in [0.1, 0.15) is 24.0 Å². The predicted molar refractivity (Wildman–Crippen MR) is 87.4 cm³/mol. The Bertz CT molecular complexity index is 542. The van der Waals surface area contributed by atoms with Crippen molar-refractivity contribution in [3.8, 4) is 0 Å². The molecule has 1 N–H and O–H groups in total. The van der Waals surface area contributed by atoms with Crippen molar-refractivity contribution in [2.75, 3.05) is 18.0 Å². The number of nitrogens with zero attached hydrogens (tertiary/aromatic N) is 1. The fraction of sp³-hybridized carbons (Fsp3) is 0.368. The average Bonchev–Trinajstić information content (AvgIpc) is 2.57. The Morgan fingerprint density at radius 2 is 1.52 bits per heavy atom. The zero-order valence-electron chi connectivity index (χ0n) is 12.4. The summed E-state index contributed by atoms with van der Waals surface area (Å²) in [5.74, 6) is 0.806. The highest BCUT2D eigenvalue weighted by Crippen LogP contribution is 2.26. The van der Waals surface area contributed by atoms with E-state index in [0.717, 1.165) is 24.6 Å². The number of aliphatic hydroxyl groups excluding tert-OH is 1. The maximum atomic E-state index is 9.10. The summed E-state index contributed by atoms with van der Waals surface area (Å²) in [6, 6.07) is 19.1. The molecule has 1 aliphatic heterocycles. The van der Waals surface area contributed by atoms with Crippen LogP contribution in [0.5, 0.6) is 0 Å². The second kappa shape index (κ2) is 6.77. The largest absolute Gasteiger partial charge is 0.392 e. The van der Waals surface area contributed by atoms with E-state index in [1.165, 1.54) is 30.5 Å². The first-order valence-corrected chi connectivity index (χ1v) is 7.84. The summed E-state index contributed by atoms with van der Waals surface area (Å²) in [6.45, 7) is 2.39. The molecule has 1 aliphatic rings. The van der Waals surface area contributed by atoms with Gasteiger partial charge in [0.2, 0.25) is 0 Å². The first kappa shape index (κ1) is 14.2. The molecule has 1 saturated heterocycles. The molecule has 0 radical (unpaired) electrons. The minimum atomic E-state index is 0.124.